The third-order valence-electron chi connectivity index (χ3n) is 4.27. The number of hydrogen-bond donors (Lipinski definition) is 2. The number of nitrogens with zero attached hydrogens (tertiary/aromatic N) is 1. The lowest BCUT2D eigenvalue weighted by molar-refractivity contribution is 0.229. The van der Waals surface area contributed by atoms with Crippen molar-refractivity contribution in [1.29, 1.82) is 0 Å². The third-order valence-corrected chi connectivity index (χ3v) is 4.27. The molecule has 0 spiro atoms. The van der Waals surface area contributed by atoms with Crippen LogP contribution in [0.15, 0.2) is 36.5 Å². The number of aromatic amines is 1. The van der Waals surface area contributed by atoms with Gasteiger partial charge in [0.05, 0.1) is 5.69 Å². The van der Waals surface area contributed by atoms with E-state index < -0.39 is 0 Å². The van der Waals surface area contributed by atoms with E-state index in [4.69, 9.17) is 0 Å². The van der Waals surface area contributed by atoms with Crippen LogP contribution in [-0.4, -0.2) is 16.2 Å². The summed E-state index contributed by atoms with van der Waals surface area (Å²) in [6, 6.07) is 11.2. The molecule has 2 aromatic rings. The van der Waals surface area contributed by atoms with Gasteiger partial charge in [-0.2, -0.15) is 5.10 Å². The number of rotatable bonds is 3. The first-order chi connectivity index (χ1) is 9.62. The van der Waals surface area contributed by atoms with E-state index in [-0.39, 0.29) is 0 Å². The highest BCUT2D eigenvalue weighted by Crippen LogP contribution is 2.36. The van der Waals surface area contributed by atoms with Crippen LogP contribution in [-0.2, 0) is 0 Å². The standard InChI is InChI=1S/C17H23N3/c1-17(2)10-3-4-15(12-17)19-14-7-5-13(6-8-14)16-9-11-18-20-16/h5-9,11,15,19H,3-4,10,12H2,1-2H3,(H,18,20). The summed E-state index contributed by atoms with van der Waals surface area (Å²) in [5.41, 5.74) is 3.94. The SMILES string of the molecule is CC1(C)CCCC(Nc2ccc(-c3ccn[nH]3)cc2)C1. The van der Waals surface area contributed by atoms with Crippen molar-refractivity contribution in [2.24, 2.45) is 5.41 Å². The van der Waals surface area contributed by atoms with Crippen LogP contribution in [0.3, 0.4) is 0 Å². The van der Waals surface area contributed by atoms with Crippen LogP contribution in [0.5, 0.6) is 0 Å². The van der Waals surface area contributed by atoms with Gasteiger partial charge < -0.3 is 5.32 Å². The topological polar surface area (TPSA) is 40.7 Å². The average Bonchev–Trinajstić information content (AvgIpc) is 2.92. The second kappa shape index (κ2) is 5.31. The average molecular weight is 269 g/mol. The van der Waals surface area contributed by atoms with Gasteiger partial charge in [-0.3, -0.25) is 5.10 Å². The van der Waals surface area contributed by atoms with Crippen LogP contribution in [0, 0.1) is 5.41 Å². The van der Waals surface area contributed by atoms with Crippen LogP contribution in [0.1, 0.15) is 39.5 Å². The van der Waals surface area contributed by atoms with Crippen molar-refractivity contribution in [2.75, 3.05) is 5.32 Å². The number of nitrogens with one attached hydrogen (secondary N) is 2. The van der Waals surface area contributed by atoms with Crippen molar-refractivity contribution < 1.29 is 0 Å². The largest absolute Gasteiger partial charge is 0.382 e. The fourth-order valence-electron chi connectivity index (χ4n) is 3.22. The van der Waals surface area contributed by atoms with Crippen LogP contribution in [0.4, 0.5) is 5.69 Å². The maximum Gasteiger partial charge on any atom is 0.0650 e. The molecule has 0 radical (unpaired) electrons. The molecular weight excluding hydrogens is 246 g/mol. The van der Waals surface area contributed by atoms with Crippen LogP contribution in [0.2, 0.25) is 0 Å². The van der Waals surface area contributed by atoms with Gasteiger partial charge in [0.1, 0.15) is 0 Å². The lowest BCUT2D eigenvalue weighted by Crippen LogP contribution is -2.31. The molecule has 1 unspecified atom stereocenters. The van der Waals surface area contributed by atoms with E-state index in [2.05, 4.69) is 53.6 Å². The molecule has 1 fully saturated rings. The van der Waals surface area contributed by atoms with Gasteiger partial charge in [0, 0.05) is 17.9 Å². The molecule has 1 aliphatic rings. The molecule has 1 atom stereocenters. The van der Waals surface area contributed by atoms with Crippen molar-refractivity contribution >= 4 is 5.69 Å². The van der Waals surface area contributed by atoms with Gasteiger partial charge in [0.25, 0.3) is 0 Å². The molecule has 0 aliphatic heterocycles. The summed E-state index contributed by atoms with van der Waals surface area (Å²) in [6.07, 6.45) is 7.01. The van der Waals surface area contributed by atoms with Crippen molar-refractivity contribution in [2.45, 2.75) is 45.6 Å². The first-order valence-corrected chi connectivity index (χ1v) is 7.49. The van der Waals surface area contributed by atoms with Crippen molar-refractivity contribution in [3.05, 3.63) is 36.5 Å². The Kier molecular flexibility index (Phi) is 3.51. The van der Waals surface area contributed by atoms with E-state index in [0.29, 0.717) is 11.5 Å². The second-order valence-corrected chi connectivity index (χ2v) is 6.65. The number of anilines is 1. The van der Waals surface area contributed by atoms with Gasteiger partial charge in [-0.25, -0.2) is 0 Å². The molecule has 3 heteroatoms. The van der Waals surface area contributed by atoms with Gasteiger partial charge in [0.2, 0.25) is 0 Å². The molecule has 0 bridgehead atoms. The third kappa shape index (κ3) is 3.03. The van der Waals surface area contributed by atoms with Gasteiger partial charge in [-0.1, -0.05) is 32.4 Å². The Labute approximate surface area is 120 Å². The maximum absolute atomic E-state index is 3.99. The summed E-state index contributed by atoms with van der Waals surface area (Å²) in [7, 11) is 0. The minimum atomic E-state index is 0.478. The highest BCUT2D eigenvalue weighted by molar-refractivity contribution is 5.62. The monoisotopic (exact) mass is 269 g/mol. The number of H-pyrrole nitrogens is 1. The minimum Gasteiger partial charge on any atom is -0.382 e. The molecule has 1 aromatic carbocycles. The van der Waals surface area contributed by atoms with Gasteiger partial charge in [0.15, 0.2) is 0 Å². The van der Waals surface area contributed by atoms with Crippen LogP contribution < -0.4 is 5.32 Å². The van der Waals surface area contributed by atoms with E-state index in [9.17, 15) is 0 Å². The number of aromatic nitrogens is 2. The summed E-state index contributed by atoms with van der Waals surface area (Å²) in [6.45, 7) is 4.75. The Morgan fingerprint density at radius 2 is 2.00 bits per heavy atom. The van der Waals surface area contributed by atoms with Crippen molar-refractivity contribution in [3.8, 4) is 11.3 Å². The quantitative estimate of drug-likeness (QED) is 0.863. The highest BCUT2D eigenvalue weighted by Gasteiger charge is 2.27. The van der Waals surface area contributed by atoms with E-state index >= 15 is 0 Å². The smallest absolute Gasteiger partial charge is 0.0650 e. The predicted molar refractivity (Wildman–Crippen MR) is 83.7 cm³/mol. The lowest BCUT2D eigenvalue weighted by Gasteiger charge is -2.36. The van der Waals surface area contributed by atoms with E-state index in [1.807, 2.05) is 6.07 Å². The summed E-state index contributed by atoms with van der Waals surface area (Å²) in [4.78, 5) is 0. The molecule has 1 aromatic heterocycles. The predicted octanol–water partition coefficient (Wildman–Crippen LogP) is 4.46. The first-order valence-electron chi connectivity index (χ1n) is 7.49. The minimum absolute atomic E-state index is 0.478. The Hall–Kier alpha value is -1.77. The number of benzene rings is 1. The fraction of sp³-hybridized carbons (Fsp3) is 0.471. The molecule has 2 N–H and O–H groups in total. The summed E-state index contributed by atoms with van der Waals surface area (Å²) < 4.78 is 0. The highest BCUT2D eigenvalue weighted by atomic mass is 15.1. The van der Waals surface area contributed by atoms with Crippen molar-refractivity contribution in [1.82, 2.24) is 10.2 Å². The molecule has 3 nitrogen and oxygen atoms in total. The van der Waals surface area contributed by atoms with Crippen LogP contribution >= 0.6 is 0 Å². The first kappa shape index (κ1) is 13.2. The zero-order chi connectivity index (χ0) is 14.0. The zero-order valence-electron chi connectivity index (χ0n) is 12.3. The Morgan fingerprint density at radius 1 is 1.20 bits per heavy atom. The molecule has 1 saturated carbocycles. The molecule has 20 heavy (non-hydrogen) atoms. The van der Waals surface area contributed by atoms with Gasteiger partial charge in [-0.05, 0) is 48.4 Å². The molecule has 3 rings (SSSR count). The molecule has 0 saturated heterocycles. The van der Waals surface area contributed by atoms with Crippen LogP contribution in [0.25, 0.3) is 11.3 Å². The molecule has 1 aliphatic carbocycles. The zero-order valence-corrected chi connectivity index (χ0v) is 12.3. The Bertz CT molecular complexity index is 540. The normalized spacial score (nSPS) is 21.6. The molecular formula is C17H23N3. The molecule has 1 heterocycles. The summed E-state index contributed by atoms with van der Waals surface area (Å²) >= 11 is 0. The lowest BCUT2D eigenvalue weighted by atomic mass is 9.75. The Morgan fingerprint density at radius 3 is 2.65 bits per heavy atom. The second-order valence-electron chi connectivity index (χ2n) is 6.65. The van der Waals surface area contributed by atoms with E-state index in [1.54, 1.807) is 6.20 Å². The van der Waals surface area contributed by atoms with Crippen molar-refractivity contribution in [3.63, 3.8) is 0 Å². The maximum atomic E-state index is 3.99. The van der Waals surface area contributed by atoms with Gasteiger partial charge in [-0.15, -0.1) is 0 Å². The molecule has 0 amide bonds. The molecule has 106 valence electrons. The van der Waals surface area contributed by atoms with E-state index in [0.717, 1.165) is 5.69 Å². The number of hydrogen-bond acceptors (Lipinski definition) is 2. The fourth-order valence-corrected chi connectivity index (χ4v) is 3.22. The summed E-state index contributed by atoms with van der Waals surface area (Å²) in [5.74, 6) is 0. The van der Waals surface area contributed by atoms with Gasteiger partial charge >= 0.3 is 0 Å². The Balaban J connectivity index is 1.66. The summed E-state index contributed by atoms with van der Waals surface area (Å²) in [5, 5.41) is 10.7. The van der Waals surface area contributed by atoms with E-state index in [1.165, 1.54) is 36.9 Å².